The molecule has 2 aliphatic heterocycles. The SMILES string of the molecule is C=CC1CCC1(NC(=O)C1CC2CN1C(=O)C(C(C)(C)C)NC(=O)OC1CC1CCCCCc1nc3ccc(OC)cc3nc1O2)C(=O)NS(=O)(=O)C1CC1. The summed E-state index contributed by atoms with van der Waals surface area (Å²) in [4.78, 5) is 67.3. The maximum Gasteiger partial charge on any atom is 0.408 e. The number of nitrogens with one attached hydrogen (secondary N) is 3. The Hall–Kier alpha value is -4.47. The number of ether oxygens (including phenoxy) is 3. The average molecular weight is 781 g/mol. The summed E-state index contributed by atoms with van der Waals surface area (Å²) in [5.74, 6) is -1.39. The van der Waals surface area contributed by atoms with E-state index in [9.17, 15) is 27.6 Å². The van der Waals surface area contributed by atoms with Crippen molar-refractivity contribution in [3.05, 3.63) is 36.5 Å². The van der Waals surface area contributed by atoms with Crippen LogP contribution in [0.2, 0.25) is 0 Å². The van der Waals surface area contributed by atoms with Gasteiger partial charge < -0.3 is 29.7 Å². The fraction of sp³-hybridized carbons (Fsp3) is 0.641. The molecule has 3 heterocycles. The number of hydrogen-bond acceptors (Lipinski definition) is 11. The number of hydrogen-bond donors (Lipinski definition) is 3. The van der Waals surface area contributed by atoms with Crippen LogP contribution in [0, 0.1) is 17.3 Å². The average Bonchev–Trinajstić information content (AvgIpc) is 4.05. The van der Waals surface area contributed by atoms with E-state index < -0.39 is 74.1 Å². The highest BCUT2D eigenvalue weighted by molar-refractivity contribution is 7.91. The second-order valence-electron chi connectivity index (χ2n) is 16.8. The Balaban J connectivity index is 1.23. The number of sulfonamides is 1. The molecular weight excluding hydrogens is 729 g/mol. The number of amides is 4. The largest absolute Gasteiger partial charge is 0.497 e. The summed E-state index contributed by atoms with van der Waals surface area (Å²) in [6.45, 7) is 9.25. The van der Waals surface area contributed by atoms with Gasteiger partial charge in [0.15, 0.2) is 0 Å². The van der Waals surface area contributed by atoms with Gasteiger partial charge in [-0.25, -0.2) is 23.2 Å². The summed E-state index contributed by atoms with van der Waals surface area (Å²) in [6.07, 6.45) is 6.50. The topological polar surface area (TPSA) is 195 Å². The Morgan fingerprint density at radius 2 is 1.84 bits per heavy atom. The third-order valence-electron chi connectivity index (χ3n) is 11.7. The Bertz CT molecular complexity index is 1980. The summed E-state index contributed by atoms with van der Waals surface area (Å²) in [5, 5.41) is 5.03. The van der Waals surface area contributed by atoms with Crippen molar-refractivity contribution in [3.8, 4) is 11.6 Å². The van der Waals surface area contributed by atoms with E-state index in [1.54, 1.807) is 13.2 Å². The highest BCUT2D eigenvalue weighted by Gasteiger charge is 2.56. The van der Waals surface area contributed by atoms with Crippen molar-refractivity contribution in [2.24, 2.45) is 17.3 Å². The number of rotatable bonds is 7. The molecule has 1 saturated heterocycles. The molecule has 5 aliphatic rings. The molecule has 298 valence electrons. The van der Waals surface area contributed by atoms with Crippen LogP contribution in [0.5, 0.6) is 11.6 Å². The first-order valence-electron chi connectivity index (χ1n) is 19.4. The summed E-state index contributed by atoms with van der Waals surface area (Å²) < 4.78 is 45.7. The molecule has 3 aliphatic carbocycles. The molecule has 7 atom stereocenters. The van der Waals surface area contributed by atoms with Gasteiger partial charge >= 0.3 is 6.09 Å². The third-order valence-corrected chi connectivity index (χ3v) is 13.5. The van der Waals surface area contributed by atoms with E-state index in [0.29, 0.717) is 54.0 Å². The summed E-state index contributed by atoms with van der Waals surface area (Å²) in [7, 11) is -2.35. The molecule has 2 aromatic rings. The van der Waals surface area contributed by atoms with Gasteiger partial charge in [0.1, 0.15) is 41.3 Å². The van der Waals surface area contributed by atoms with Crippen LogP contribution in [0.1, 0.15) is 90.7 Å². The van der Waals surface area contributed by atoms with E-state index in [1.165, 1.54) is 11.0 Å². The molecule has 3 saturated carbocycles. The number of benzene rings is 1. The lowest BCUT2D eigenvalue weighted by molar-refractivity contribution is -0.145. The van der Waals surface area contributed by atoms with Crippen molar-refractivity contribution in [3.63, 3.8) is 0 Å². The van der Waals surface area contributed by atoms with Gasteiger partial charge in [-0.2, -0.15) is 0 Å². The number of fused-ring (bicyclic) bond motifs is 5. The van der Waals surface area contributed by atoms with E-state index in [0.717, 1.165) is 32.1 Å². The van der Waals surface area contributed by atoms with Crippen molar-refractivity contribution >= 4 is 44.9 Å². The quantitative estimate of drug-likeness (QED) is 0.347. The first kappa shape index (κ1) is 38.8. The Morgan fingerprint density at radius 3 is 2.51 bits per heavy atom. The van der Waals surface area contributed by atoms with Crippen molar-refractivity contribution in [2.75, 3.05) is 13.7 Å². The van der Waals surface area contributed by atoms with Gasteiger partial charge in [-0.15, -0.1) is 6.58 Å². The number of carbonyl (C=O) groups is 4. The van der Waals surface area contributed by atoms with Gasteiger partial charge in [-0.05, 0) is 74.8 Å². The van der Waals surface area contributed by atoms with Crippen LogP contribution in [0.4, 0.5) is 4.79 Å². The normalized spacial score (nSPS) is 30.1. The monoisotopic (exact) mass is 780 g/mol. The van der Waals surface area contributed by atoms with Gasteiger partial charge in [0.2, 0.25) is 27.7 Å². The van der Waals surface area contributed by atoms with E-state index in [-0.39, 0.29) is 31.4 Å². The zero-order valence-electron chi connectivity index (χ0n) is 32.0. The van der Waals surface area contributed by atoms with E-state index in [1.807, 2.05) is 32.9 Å². The number of aromatic nitrogens is 2. The molecule has 4 amide bonds. The molecule has 0 spiro atoms. The van der Waals surface area contributed by atoms with Crippen molar-refractivity contribution in [2.45, 2.75) is 126 Å². The first-order valence-corrected chi connectivity index (χ1v) is 21.0. The Kier molecular flexibility index (Phi) is 10.5. The lowest BCUT2D eigenvalue weighted by Crippen LogP contribution is -2.70. The van der Waals surface area contributed by atoms with Crippen LogP contribution in [0.15, 0.2) is 30.9 Å². The third kappa shape index (κ3) is 8.10. The second-order valence-corrected chi connectivity index (χ2v) is 18.8. The van der Waals surface area contributed by atoms with E-state index in [4.69, 9.17) is 24.2 Å². The number of alkyl carbamates (subject to hydrolysis) is 1. The van der Waals surface area contributed by atoms with Crippen LogP contribution in [-0.2, 0) is 35.6 Å². The lowest BCUT2D eigenvalue weighted by Gasteiger charge is -2.47. The molecule has 0 radical (unpaired) electrons. The molecule has 4 fully saturated rings. The Labute approximate surface area is 321 Å². The van der Waals surface area contributed by atoms with Crippen molar-refractivity contribution in [1.82, 2.24) is 30.2 Å². The van der Waals surface area contributed by atoms with Gasteiger partial charge in [0.05, 0.1) is 29.9 Å². The molecule has 2 bridgehead atoms. The molecule has 55 heavy (non-hydrogen) atoms. The van der Waals surface area contributed by atoms with Gasteiger partial charge in [-0.1, -0.05) is 39.7 Å². The molecule has 7 rings (SSSR count). The second kappa shape index (κ2) is 14.9. The van der Waals surface area contributed by atoms with Gasteiger partial charge in [0.25, 0.3) is 5.91 Å². The minimum atomic E-state index is -3.92. The fourth-order valence-electron chi connectivity index (χ4n) is 8.02. The van der Waals surface area contributed by atoms with Crippen molar-refractivity contribution < 1.29 is 41.8 Å². The van der Waals surface area contributed by atoms with Crippen molar-refractivity contribution in [1.29, 1.82) is 0 Å². The van der Waals surface area contributed by atoms with Crippen LogP contribution < -0.4 is 24.8 Å². The zero-order valence-corrected chi connectivity index (χ0v) is 32.8. The summed E-state index contributed by atoms with van der Waals surface area (Å²) >= 11 is 0. The minimum Gasteiger partial charge on any atom is -0.497 e. The predicted octanol–water partition coefficient (Wildman–Crippen LogP) is 3.69. The molecule has 16 heteroatoms. The fourth-order valence-corrected chi connectivity index (χ4v) is 9.38. The van der Waals surface area contributed by atoms with E-state index in [2.05, 4.69) is 21.9 Å². The summed E-state index contributed by atoms with van der Waals surface area (Å²) in [5.41, 5.74) is -0.478. The predicted molar refractivity (Wildman–Crippen MR) is 201 cm³/mol. The van der Waals surface area contributed by atoms with Crippen LogP contribution in [0.3, 0.4) is 0 Å². The van der Waals surface area contributed by atoms with Gasteiger partial charge in [0, 0.05) is 18.4 Å². The summed E-state index contributed by atoms with van der Waals surface area (Å²) in [6, 6.07) is 3.20. The Morgan fingerprint density at radius 1 is 1.05 bits per heavy atom. The standard InChI is InChI=1S/C39H52N6O9S/c1-6-23-16-17-39(23,36(48)44-55(50,51)26-13-14-26)43-33(46)30-20-25-21-45(30)35(47)32(38(2,3)4)42-37(49)54-31-18-22(31)10-8-7-9-11-28-34(53-25)41-29-19-24(52-5)12-15-27(29)40-28/h6,12,15,19,22-23,25-26,30-32H,1,7-11,13-14,16-18,20-21H2,2-5H3,(H,42,49)(H,43,46)(H,44,48). The zero-order chi connectivity index (χ0) is 39.3. The minimum absolute atomic E-state index is 0.0245. The van der Waals surface area contributed by atoms with Crippen LogP contribution >= 0.6 is 0 Å². The molecule has 1 aromatic carbocycles. The maximum absolute atomic E-state index is 14.7. The highest BCUT2D eigenvalue weighted by Crippen LogP contribution is 2.42. The number of aryl methyl sites for hydroxylation is 1. The highest BCUT2D eigenvalue weighted by atomic mass is 32.2. The number of nitrogens with zero attached hydrogens (tertiary/aromatic N) is 3. The first-order chi connectivity index (χ1) is 26.1. The lowest BCUT2D eigenvalue weighted by atomic mass is 9.66. The molecular formula is C39H52N6O9S. The maximum atomic E-state index is 14.7. The number of methoxy groups -OCH3 is 1. The van der Waals surface area contributed by atoms with Crippen LogP contribution in [0.25, 0.3) is 11.0 Å². The molecule has 1 aromatic heterocycles. The van der Waals surface area contributed by atoms with Gasteiger partial charge in [-0.3, -0.25) is 19.1 Å². The van der Waals surface area contributed by atoms with Crippen LogP contribution in [-0.4, -0.2) is 95.8 Å². The van der Waals surface area contributed by atoms with E-state index >= 15 is 0 Å². The molecule has 15 nitrogen and oxygen atoms in total. The smallest absolute Gasteiger partial charge is 0.408 e. The molecule has 3 N–H and O–H groups in total. The number of carbonyl (C=O) groups excluding carboxylic acids is 4. The molecule has 7 unspecified atom stereocenters.